The van der Waals surface area contributed by atoms with Crippen molar-refractivity contribution in [2.24, 2.45) is 0 Å². The summed E-state index contributed by atoms with van der Waals surface area (Å²) in [4.78, 5) is 0. The molecule has 0 N–H and O–H groups in total. The van der Waals surface area contributed by atoms with Crippen LogP contribution in [0.15, 0.2) is 158 Å². The summed E-state index contributed by atoms with van der Waals surface area (Å²) in [5.74, 6) is 0. The standard InChI is InChI=1S/C112H148N2SSi2/c1-15-23-31-39-65-109(66-40-32-24-16-2)99-73-81(83-49-57-93-97-61-53-87(116(9,10)11)79-105(97)111(101(93)75-83,69-43-35-27-19-5)70-44-36-28-20-6)47-55-91(99)95-59-51-85(77-103(95)109)89-63-64-90(108-107(89)113-115-114-108)86-52-60-96-92-56-48-82(74-100(92)110(104(96)78-86,67-41-33-25-17-3)68-42-34-26-18-4)84-50-58-94-98-62-54-88(117(12,13)14)80-106(98)112(102(94)76-84,71-45-37-29-21-7)72-46-38-30-22-8/h47-64,73-80H,15-46,65-72H2,1-14H3. The fourth-order valence-electron chi connectivity index (χ4n) is 22.8. The van der Waals surface area contributed by atoms with Gasteiger partial charge in [-0.2, -0.15) is 8.75 Å². The highest BCUT2D eigenvalue weighted by Gasteiger charge is 2.48. The van der Waals surface area contributed by atoms with E-state index >= 15 is 0 Å². The lowest BCUT2D eigenvalue weighted by Crippen LogP contribution is -2.38. The maximum atomic E-state index is 5.37. The molecule has 0 fully saturated rings. The number of nitrogens with zero attached hydrogens (tertiary/aromatic N) is 2. The molecule has 0 saturated heterocycles. The molecule has 0 aliphatic heterocycles. The number of hydrogen-bond acceptors (Lipinski definition) is 3. The second-order valence-corrected chi connectivity index (χ2v) is 50.2. The van der Waals surface area contributed by atoms with Crippen molar-refractivity contribution in [2.75, 3.05) is 0 Å². The molecule has 0 radical (unpaired) electrons. The van der Waals surface area contributed by atoms with Crippen molar-refractivity contribution in [2.45, 2.75) is 373 Å². The van der Waals surface area contributed by atoms with Crippen LogP contribution in [0.5, 0.6) is 0 Å². The number of unbranched alkanes of at least 4 members (excludes halogenated alkanes) is 24. The maximum absolute atomic E-state index is 5.37. The van der Waals surface area contributed by atoms with Gasteiger partial charge in [-0.25, -0.2) is 0 Å². The van der Waals surface area contributed by atoms with E-state index in [0.717, 1.165) is 11.0 Å². The van der Waals surface area contributed by atoms with Gasteiger partial charge in [0.1, 0.15) is 11.0 Å². The van der Waals surface area contributed by atoms with E-state index in [1.54, 1.807) is 54.9 Å². The molecular weight excluding hydrogens is 1460 g/mol. The Morgan fingerprint density at radius 2 is 0.385 bits per heavy atom. The SMILES string of the molecule is CCCCCCC1(CCCCCC)c2cc(-c3ccc4c(c3)C(CCCCCC)(CCCCCC)c3cc([Si](C)(C)C)ccc3-4)ccc2-c2ccc(-c3ccc(-c4ccc5c(c4)C(CCCCCC)(CCCCCC)c4cc(-c6ccc7c(c6)C(CCCCCC)(CCCCCC)c6cc([Si](C)(C)C)ccc6-7)ccc4-5)c4nsnc34)cc21. The van der Waals surface area contributed by atoms with E-state index in [1.165, 1.54) is 358 Å². The molecule has 0 unspecified atom stereocenters. The third-order valence-corrected chi connectivity index (χ3v) is 34.1. The van der Waals surface area contributed by atoms with E-state index in [0.29, 0.717) is 0 Å². The van der Waals surface area contributed by atoms with Gasteiger partial charge in [-0.15, -0.1) is 0 Å². The fraction of sp³-hybridized carbons (Fsp3) is 0.518. The molecule has 4 aliphatic carbocycles. The maximum Gasteiger partial charge on any atom is 0.113 e. The topological polar surface area (TPSA) is 25.8 Å². The molecule has 117 heavy (non-hydrogen) atoms. The van der Waals surface area contributed by atoms with E-state index in [1.807, 2.05) is 0 Å². The zero-order chi connectivity index (χ0) is 82.0. The van der Waals surface area contributed by atoms with Crippen LogP contribution < -0.4 is 10.4 Å². The van der Waals surface area contributed by atoms with Gasteiger partial charge in [-0.05, 0) is 210 Å². The predicted molar refractivity (Wildman–Crippen MR) is 520 cm³/mol. The molecule has 0 atom stereocenters. The molecule has 0 saturated carbocycles. The van der Waals surface area contributed by atoms with Gasteiger partial charge in [0, 0.05) is 32.8 Å². The Kier molecular flexibility index (Phi) is 28.5. The molecule has 2 nitrogen and oxygen atoms in total. The molecule has 0 amide bonds. The Morgan fingerprint density at radius 1 is 0.205 bits per heavy atom. The van der Waals surface area contributed by atoms with Crippen LogP contribution in [0.4, 0.5) is 0 Å². The predicted octanol–water partition coefficient (Wildman–Crippen LogP) is 34.3. The molecule has 10 aromatic rings. The highest BCUT2D eigenvalue weighted by Crippen LogP contribution is 2.62. The highest BCUT2D eigenvalue weighted by molar-refractivity contribution is 7.00. The van der Waals surface area contributed by atoms with Crippen molar-refractivity contribution < 1.29 is 0 Å². The Hall–Kier alpha value is -6.77. The molecule has 14 rings (SSSR count). The summed E-state index contributed by atoms with van der Waals surface area (Å²) in [6.07, 6.45) is 50.4. The Labute approximate surface area is 717 Å². The third-order valence-electron chi connectivity index (χ3n) is 29.5. The summed E-state index contributed by atoms with van der Waals surface area (Å²) >= 11 is 1.40. The third kappa shape index (κ3) is 17.5. The zero-order valence-corrected chi connectivity index (χ0v) is 78.4. The van der Waals surface area contributed by atoms with Gasteiger partial charge in [0.15, 0.2) is 0 Å². The molecular formula is C112H148N2SSi2. The lowest BCUT2D eigenvalue weighted by atomic mass is 9.69. The van der Waals surface area contributed by atoms with Crippen molar-refractivity contribution in [1.82, 2.24) is 8.75 Å². The Morgan fingerprint density at radius 3 is 0.590 bits per heavy atom. The van der Waals surface area contributed by atoms with Gasteiger partial charge >= 0.3 is 0 Å². The fourth-order valence-corrected chi connectivity index (χ4v) is 25.7. The van der Waals surface area contributed by atoms with Crippen LogP contribution in [-0.4, -0.2) is 24.9 Å². The minimum atomic E-state index is -1.58. The quantitative estimate of drug-likeness (QED) is 0.0281. The van der Waals surface area contributed by atoms with Crippen LogP contribution in [0.3, 0.4) is 0 Å². The van der Waals surface area contributed by atoms with Gasteiger partial charge in [0.25, 0.3) is 0 Å². The summed E-state index contributed by atoms with van der Waals surface area (Å²) in [6.45, 7) is 34.3. The summed E-state index contributed by atoms with van der Waals surface area (Å²) in [5.41, 5.74) is 36.9. The molecule has 0 spiro atoms. The van der Waals surface area contributed by atoms with Crippen molar-refractivity contribution >= 4 is 49.3 Å². The van der Waals surface area contributed by atoms with Crippen molar-refractivity contribution in [3.63, 3.8) is 0 Å². The largest absolute Gasteiger partial charge is 0.172 e. The van der Waals surface area contributed by atoms with Crippen LogP contribution >= 0.6 is 11.7 Å². The molecule has 5 heteroatoms. The number of hydrogen-bond donors (Lipinski definition) is 0. The molecule has 620 valence electrons. The van der Waals surface area contributed by atoms with Crippen LogP contribution in [0.1, 0.15) is 357 Å². The number of benzene rings is 9. The van der Waals surface area contributed by atoms with E-state index < -0.39 is 16.1 Å². The first kappa shape index (κ1) is 86.6. The van der Waals surface area contributed by atoms with E-state index in [4.69, 9.17) is 8.75 Å². The van der Waals surface area contributed by atoms with Gasteiger partial charge in [0.05, 0.1) is 27.9 Å². The van der Waals surface area contributed by atoms with E-state index in [-0.39, 0.29) is 21.7 Å². The van der Waals surface area contributed by atoms with Crippen LogP contribution in [0.25, 0.3) is 100 Å². The molecule has 4 aliphatic rings. The van der Waals surface area contributed by atoms with E-state index in [9.17, 15) is 0 Å². The first-order valence-electron chi connectivity index (χ1n) is 48.4. The molecule has 9 aromatic carbocycles. The average molecular weight is 1610 g/mol. The van der Waals surface area contributed by atoms with Gasteiger partial charge in [-0.3, -0.25) is 0 Å². The van der Waals surface area contributed by atoms with Crippen LogP contribution in [-0.2, 0) is 21.7 Å². The summed E-state index contributed by atoms with van der Waals surface area (Å²) < 4.78 is 10.7. The van der Waals surface area contributed by atoms with Gasteiger partial charge in [0.2, 0.25) is 0 Å². The highest BCUT2D eigenvalue weighted by atomic mass is 32.1. The second-order valence-electron chi connectivity index (χ2n) is 39.5. The smallest absolute Gasteiger partial charge is 0.113 e. The molecule has 1 heterocycles. The van der Waals surface area contributed by atoms with Crippen LogP contribution in [0, 0.1) is 0 Å². The lowest BCUT2D eigenvalue weighted by Gasteiger charge is -2.34. The normalized spacial score (nSPS) is 14.9. The number of fused-ring (bicyclic) bond motifs is 13. The zero-order valence-electron chi connectivity index (χ0n) is 75.6. The van der Waals surface area contributed by atoms with Crippen molar-refractivity contribution in [3.8, 4) is 89.0 Å². The number of rotatable bonds is 46. The number of aromatic nitrogens is 2. The van der Waals surface area contributed by atoms with Crippen molar-refractivity contribution in [1.29, 1.82) is 0 Å². The summed E-state index contributed by atoms with van der Waals surface area (Å²) in [5, 5.41) is 3.21. The molecule has 1 aromatic heterocycles. The summed E-state index contributed by atoms with van der Waals surface area (Å²) in [7, 11) is -3.16. The lowest BCUT2D eigenvalue weighted by molar-refractivity contribution is 0.401. The first-order chi connectivity index (χ1) is 56.9. The van der Waals surface area contributed by atoms with Gasteiger partial charge < -0.3 is 0 Å². The Bertz CT molecular complexity index is 4670. The molecule has 0 bridgehead atoms. The van der Waals surface area contributed by atoms with Crippen LogP contribution in [0.2, 0.25) is 39.3 Å². The minimum absolute atomic E-state index is 0.0265. The van der Waals surface area contributed by atoms with Crippen molar-refractivity contribution in [3.05, 3.63) is 202 Å². The Balaban J connectivity index is 0.850. The van der Waals surface area contributed by atoms with E-state index in [2.05, 4.69) is 252 Å². The average Bonchev–Trinajstić information content (AvgIpc) is 1.57. The first-order valence-corrected chi connectivity index (χ1v) is 56.1. The summed E-state index contributed by atoms with van der Waals surface area (Å²) in [6, 6.07) is 67.1. The van der Waals surface area contributed by atoms with Gasteiger partial charge in [-0.1, -0.05) is 432 Å². The minimum Gasteiger partial charge on any atom is -0.172 e. The monoisotopic (exact) mass is 1610 g/mol. The second kappa shape index (κ2) is 38.5.